The van der Waals surface area contributed by atoms with E-state index in [1.54, 1.807) is 19.1 Å². The molecule has 2 atom stereocenters. The molecule has 0 radical (unpaired) electrons. The fraction of sp³-hybridized carbons (Fsp3) is 0.435. The van der Waals surface area contributed by atoms with Crippen LogP contribution in [0.3, 0.4) is 0 Å². The maximum Gasteiger partial charge on any atom is 0.434 e. The van der Waals surface area contributed by atoms with Crippen molar-refractivity contribution >= 4 is 23.1 Å². The Hall–Kier alpha value is -3.19. The second-order valence-corrected chi connectivity index (χ2v) is 9.19. The number of likely N-dealkylation sites (tertiary alicyclic amines) is 1. The van der Waals surface area contributed by atoms with Gasteiger partial charge in [0.15, 0.2) is 5.69 Å². The number of piperidine rings is 1. The monoisotopic (exact) mass is 524 g/mol. The molecule has 0 spiro atoms. The highest BCUT2D eigenvalue weighted by Gasteiger charge is 2.33. The molecular formula is C23H24F4N6O2S. The zero-order chi connectivity index (χ0) is 25.9. The number of nitrogens with zero attached hydrogens (tertiary/aromatic N) is 5. The third-order valence-electron chi connectivity index (χ3n) is 5.78. The number of carbonyl (C=O) groups is 1. The molecule has 36 heavy (non-hydrogen) atoms. The van der Waals surface area contributed by atoms with Gasteiger partial charge in [0.05, 0.1) is 35.0 Å². The van der Waals surface area contributed by atoms with Crippen LogP contribution in [0.2, 0.25) is 0 Å². The number of hydrogen-bond acceptors (Lipinski definition) is 8. The van der Waals surface area contributed by atoms with Crippen molar-refractivity contribution in [3.8, 4) is 5.88 Å². The number of alkyl halides is 4. The first kappa shape index (κ1) is 25.9. The van der Waals surface area contributed by atoms with Gasteiger partial charge in [0.1, 0.15) is 12.3 Å². The summed E-state index contributed by atoms with van der Waals surface area (Å²) in [5, 5.41) is 2.74. The molecule has 192 valence electrons. The van der Waals surface area contributed by atoms with E-state index in [0.717, 1.165) is 30.8 Å². The first-order chi connectivity index (χ1) is 17.1. The Morgan fingerprint density at radius 2 is 2.03 bits per heavy atom. The Morgan fingerprint density at radius 1 is 1.22 bits per heavy atom. The minimum atomic E-state index is -4.58. The van der Waals surface area contributed by atoms with Gasteiger partial charge in [0.25, 0.3) is 5.91 Å². The van der Waals surface area contributed by atoms with Crippen molar-refractivity contribution in [2.24, 2.45) is 0 Å². The lowest BCUT2D eigenvalue weighted by Crippen LogP contribution is -2.46. The molecule has 0 bridgehead atoms. The molecule has 0 aromatic carbocycles. The number of anilines is 1. The highest BCUT2D eigenvalue weighted by atomic mass is 32.1. The number of aryl methyl sites for hydroxylation is 1. The molecule has 0 saturated carbocycles. The van der Waals surface area contributed by atoms with Crippen molar-refractivity contribution in [3.05, 3.63) is 58.2 Å². The van der Waals surface area contributed by atoms with Crippen LogP contribution in [0.1, 0.15) is 45.7 Å². The highest BCUT2D eigenvalue weighted by molar-refractivity contribution is 7.06. The number of hydrogen-bond donors (Lipinski definition) is 1. The Balaban J connectivity index is 1.39. The minimum absolute atomic E-state index is 0.103. The number of ether oxygens (including phenoxy) is 1. The highest BCUT2D eigenvalue weighted by Crippen LogP contribution is 2.28. The maximum atomic E-state index is 14.4. The number of rotatable bonds is 7. The van der Waals surface area contributed by atoms with Crippen molar-refractivity contribution in [3.63, 3.8) is 0 Å². The van der Waals surface area contributed by atoms with Gasteiger partial charge in [-0.25, -0.2) is 14.4 Å². The van der Waals surface area contributed by atoms with Crippen molar-refractivity contribution < 1.29 is 27.1 Å². The van der Waals surface area contributed by atoms with Gasteiger partial charge in [0, 0.05) is 36.7 Å². The van der Waals surface area contributed by atoms with Gasteiger partial charge in [-0.2, -0.15) is 17.5 Å². The van der Waals surface area contributed by atoms with E-state index in [-0.39, 0.29) is 18.0 Å². The zero-order valence-corrected chi connectivity index (χ0v) is 20.4. The number of amides is 1. The van der Waals surface area contributed by atoms with Gasteiger partial charge in [0.2, 0.25) is 5.88 Å². The molecule has 3 aromatic rings. The van der Waals surface area contributed by atoms with Crippen molar-refractivity contribution in [2.75, 3.05) is 25.0 Å². The van der Waals surface area contributed by atoms with Crippen molar-refractivity contribution in [1.29, 1.82) is 0 Å². The molecule has 0 unspecified atom stereocenters. The van der Waals surface area contributed by atoms with E-state index in [1.165, 1.54) is 6.20 Å². The Morgan fingerprint density at radius 3 is 2.64 bits per heavy atom. The van der Waals surface area contributed by atoms with Crippen LogP contribution in [0.4, 0.5) is 23.2 Å². The summed E-state index contributed by atoms with van der Waals surface area (Å²) in [4.78, 5) is 26.9. The van der Waals surface area contributed by atoms with E-state index in [9.17, 15) is 22.4 Å². The lowest BCUT2D eigenvalue weighted by atomic mass is 10.1. The molecule has 4 heterocycles. The molecule has 1 amide bonds. The molecule has 8 nitrogen and oxygen atoms in total. The van der Waals surface area contributed by atoms with Gasteiger partial charge in [-0.1, -0.05) is 6.92 Å². The molecule has 1 saturated heterocycles. The summed E-state index contributed by atoms with van der Waals surface area (Å²) in [5.41, 5.74) is 0.381. The van der Waals surface area contributed by atoms with Crippen LogP contribution in [0.25, 0.3) is 0 Å². The number of nitrogens with one attached hydrogen (secondary N) is 1. The average Bonchev–Trinajstić information content (AvgIpc) is 3.21. The Bertz CT molecular complexity index is 1190. The summed E-state index contributed by atoms with van der Waals surface area (Å²) >= 11 is 1.07. The van der Waals surface area contributed by atoms with Gasteiger partial charge in [-0.05, 0) is 37.5 Å². The van der Waals surface area contributed by atoms with Crippen LogP contribution in [-0.2, 0) is 12.6 Å². The van der Waals surface area contributed by atoms with E-state index >= 15 is 0 Å². The third kappa shape index (κ3) is 6.13. The van der Waals surface area contributed by atoms with E-state index in [1.807, 2.05) is 11.8 Å². The third-order valence-corrected chi connectivity index (χ3v) is 6.71. The van der Waals surface area contributed by atoms with Gasteiger partial charge in [-0.15, -0.1) is 0 Å². The predicted molar refractivity (Wildman–Crippen MR) is 125 cm³/mol. The molecule has 1 aliphatic rings. The molecule has 13 heteroatoms. The number of aromatic nitrogens is 4. The second-order valence-electron chi connectivity index (χ2n) is 8.33. The van der Waals surface area contributed by atoms with Crippen LogP contribution in [0, 0.1) is 6.92 Å². The van der Waals surface area contributed by atoms with Gasteiger partial charge >= 0.3 is 6.18 Å². The zero-order valence-electron chi connectivity index (χ0n) is 19.5. The minimum Gasteiger partial charge on any atom is -0.471 e. The fourth-order valence-corrected chi connectivity index (χ4v) is 4.71. The average molecular weight is 525 g/mol. The van der Waals surface area contributed by atoms with Crippen LogP contribution < -0.4 is 10.1 Å². The summed E-state index contributed by atoms with van der Waals surface area (Å²) < 4.78 is 62.4. The normalized spacial score (nSPS) is 18.7. The molecule has 1 fully saturated rings. The molecule has 1 N–H and O–H groups in total. The standard InChI is InChI=1S/C23H24F4N6O2S/c1-3-33-7-6-17(16(24)12-33)35-20-5-4-14(9-30-20)31-22(34)21-13(2)32-36-18(21)8-15-10-29-19(11-28-15)23(25,26)27/h4-5,9-11,16-17H,3,6-8,12H2,1-2H3,(H,31,34)/t16-,17-/m1/s1. The largest absolute Gasteiger partial charge is 0.471 e. The number of carbonyl (C=O) groups excluding carboxylic acids is 1. The predicted octanol–water partition coefficient (Wildman–Crippen LogP) is 4.31. The van der Waals surface area contributed by atoms with E-state index < -0.39 is 30.1 Å². The first-order valence-electron chi connectivity index (χ1n) is 11.3. The summed E-state index contributed by atoms with van der Waals surface area (Å²) in [6.07, 6.45) is -2.48. The smallest absolute Gasteiger partial charge is 0.434 e. The van der Waals surface area contributed by atoms with Crippen molar-refractivity contribution in [1.82, 2.24) is 24.2 Å². The summed E-state index contributed by atoms with van der Waals surface area (Å²) in [7, 11) is 0. The second kappa shape index (κ2) is 10.8. The van der Waals surface area contributed by atoms with Crippen LogP contribution in [0.5, 0.6) is 5.88 Å². The SMILES string of the molecule is CCN1CC[C@@H](Oc2ccc(NC(=O)c3c(C)nsc3Cc3cnc(C(F)(F)F)cn3)cn2)[C@H](F)C1. The summed E-state index contributed by atoms with van der Waals surface area (Å²) in [5.74, 6) is -0.178. The molecule has 3 aromatic heterocycles. The Kier molecular flexibility index (Phi) is 7.79. The van der Waals surface area contributed by atoms with Gasteiger partial charge in [-0.3, -0.25) is 9.78 Å². The van der Waals surface area contributed by atoms with Gasteiger partial charge < -0.3 is 15.0 Å². The fourth-order valence-electron chi connectivity index (χ4n) is 3.82. The van der Waals surface area contributed by atoms with Crippen molar-refractivity contribution in [2.45, 2.75) is 45.1 Å². The van der Waals surface area contributed by atoms with E-state index in [4.69, 9.17) is 4.74 Å². The Labute approximate surface area is 208 Å². The molecule has 1 aliphatic heterocycles. The van der Waals surface area contributed by atoms with E-state index in [2.05, 4.69) is 24.6 Å². The molecule has 0 aliphatic carbocycles. The van der Waals surface area contributed by atoms with Crippen LogP contribution >= 0.6 is 11.5 Å². The molecule has 4 rings (SSSR count). The van der Waals surface area contributed by atoms with Crippen LogP contribution in [0.15, 0.2) is 30.7 Å². The number of pyridine rings is 1. The maximum absolute atomic E-state index is 14.4. The first-order valence-corrected chi connectivity index (χ1v) is 12.0. The quantitative estimate of drug-likeness (QED) is 0.461. The van der Waals surface area contributed by atoms with E-state index in [0.29, 0.717) is 41.0 Å². The summed E-state index contributed by atoms with van der Waals surface area (Å²) in [6.45, 7) is 5.52. The molecular weight excluding hydrogens is 500 g/mol. The van der Waals surface area contributed by atoms with Crippen LogP contribution in [-0.4, -0.2) is 62.0 Å². The lowest BCUT2D eigenvalue weighted by Gasteiger charge is -2.33. The topological polar surface area (TPSA) is 93.1 Å². The summed E-state index contributed by atoms with van der Waals surface area (Å²) in [6, 6.07) is 3.16. The lowest BCUT2D eigenvalue weighted by molar-refractivity contribution is -0.141. The number of halogens is 4.